The molecule has 7 nitrogen and oxygen atoms in total. The monoisotopic (exact) mass is 493 g/mol. The summed E-state index contributed by atoms with van der Waals surface area (Å²) in [4.78, 5) is 24.7. The number of carboxylic acid groups (broad SMARTS) is 1. The van der Waals surface area contributed by atoms with Crippen LogP contribution in [0.3, 0.4) is 0 Å². The molecule has 0 radical (unpaired) electrons. The fraction of sp³-hybridized carbons (Fsp3) is 0.280. The molecule has 0 saturated heterocycles. The highest BCUT2D eigenvalue weighted by Crippen LogP contribution is 2.50. The highest BCUT2D eigenvalue weighted by molar-refractivity contribution is 7.10. The van der Waals surface area contributed by atoms with E-state index in [0.29, 0.717) is 12.3 Å². The smallest absolute Gasteiger partial charge is 0.320 e. The Balaban J connectivity index is 1.58. The Bertz CT molecular complexity index is 1320. The van der Waals surface area contributed by atoms with E-state index in [2.05, 4.69) is 54.1 Å². The number of nitrogens with one attached hydrogen (secondary N) is 1. The Labute approximate surface area is 202 Å². The zero-order valence-corrected chi connectivity index (χ0v) is 20.9. The van der Waals surface area contributed by atoms with E-state index in [4.69, 9.17) is 21.3 Å². The normalized spacial score (nSPS) is 20.3. The Kier molecular flexibility index (Phi) is 5.40. The first-order chi connectivity index (χ1) is 16.1. The largest absolute Gasteiger partial charge is 0.480 e. The second-order valence-electron chi connectivity index (χ2n) is 9.45. The molecule has 3 aromatic rings. The molecular weight excluding hydrogens is 466 g/mol. The summed E-state index contributed by atoms with van der Waals surface area (Å²) in [6.45, 7) is 5.14. The molecule has 5 rings (SSSR count). The number of nitrogens with two attached hydrogens (primary N) is 2. The summed E-state index contributed by atoms with van der Waals surface area (Å²) in [7, 11) is -2.20. The summed E-state index contributed by atoms with van der Waals surface area (Å²) in [5.74, 6) is -1.37. The van der Waals surface area contributed by atoms with Gasteiger partial charge in [-0.25, -0.2) is 0 Å². The number of anilines is 2. The van der Waals surface area contributed by atoms with Crippen molar-refractivity contribution in [1.82, 2.24) is 0 Å². The Morgan fingerprint density at radius 1 is 1.15 bits per heavy atom. The van der Waals surface area contributed by atoms with Crippen LogP contribution in [0.2, 0.25) is 13.1 Å². The number of hydrogen-bond acceptors (Lipinski definition) is 6. The van der Waals surface area contributed by atoms with Gasteiger partial charge in [0, 0.05) is 28.2 Å². The van der Waals surface area contributed by atoms with Gasteiger partial charge in [0.1, 0.15) is 19.7 Å². The van der Waals surface area contributed by atoms with Crippen LogP contribution >= 0.6 is 11.3 Å². The van der Waals surface area contributed by atoms with Gasteiger partial charge in [-0.1, -0.05) is 25.2 Å². The quantitative estimate of drug-likeness (QED) is 0.319. The molecule has 1 aromatic heterocycles. The van der Waals surface area contributed by atoms with Gasteiger partial charge in [0.15, 0.2) is 0 Å². The molecule has 3 heterocycles. The molecule has 0 saturated carbocycles. The maximum Gasteiger partial charge on any atom is 0.320 e. The number of ether oxygens (including phenoxy) is 1. The second-order valence-corrected chi connectivity index (χ2v) is 14.8. The number of rotatable bonds is 5. The van der Waals surface area contributed by atoms with Crippen molar-refractivity contribution < 1.29 is 19.4 Å². The average Bonchev–Trinajstić information content (AvgIpc) is 3.40. The van der Waals surface area contributed by atoms with Crippen LogP contribution in [0.1, 0.15) is 34.4 Å². The number of carboxylic acids is 1. The SMILES string of the molecule is C[Si]1(C)c2cc(N)ccc2C2(OCc3sccc32)c2ccc(NC(=O)CCC(N)C(=O)O)cc21. The number of aliphatic carboxylic acids is 1. The molecule has 9 heteroatoms. The fourth-order valence-electron chi connectivity index (χ4n) is 5.22. The predicted octanol–water partition coefficient (Wildman–Crippen LogP) is 2.42. The van der Waals surface area contributed by atoms with Crippen molar-refractivity contribution in [2.75, 3.05) is 11.1 Å². The zero-order valence-electron chi connectivity index (χ0n) is 19.1. The third-order valence-corrected chi connectivity index (χ3v) is 11.4. The molecule has 1 amide bonds. The van der Waals surface area contributed by atoms with Crippen molar-refractivity contribution in [1.29, 1.82) is 0 Å². The number of hydrogen-bond donors (Lipinski definition) is 4. The molecule has 34 heavy (non-hydrogen) atoms. The summed E-state index contributed by atoms with van der Waals surface area (Å²) >= 11 is 1.71. The number of thiophene rings is 1. The van der Waals surface area contributed by atoms with Crippen LogP contribution in [0, 0.1) is 0 Å². The van der Waals surface area contributed by atoms with Gasteiger partial charge in [-0.15, -0.1) is 11.3 Å². The molecule has 2 unspecified atom stereocenters. The standard InChI is InChI=1S/C25H27N3O4SSi/c1-34(2)21-11-14(26)3-5-17(21)25(16-9-10-33-20(16)13-32-25)18-6-4-15(12-22(18)34)28-23(29)8-7-19(27)24(30)31/h3-6,9-12,19H,7-8,13,26-27H2,1-2H3,(H,28,29)(H,30,31). The van der Waals surface area contributed by atoms with Crippen LogP contribution in [-0.4, -0.2) is 31.1 Å². The maximum absolute atomic E-state index is 12.5. The van der Waals surface area contributed by atoms with Crippen molar-refractivity contribution in [3.05, 3.63) is 69.4 Å². The van der Waals surface area contributed by atoms with E-state index in [1.807, 2.05) is 12.1 Å². The van der Waals surface area contributed by atoms with E-state index in [0.717, 1.165) is 16.8 Å². The molecule has 2 aliphatic rings. The van der Waals surface area contributed by atoms with Crippen molar-refractivity contribution in [2.45, 2.75) is 44.2 Å². The van der Waals surface area contributed by atoms with E-state index in [1.54, 1.807) is 11.3 Å². The number of amides is 1. The van der Waals surface area contributed by atoms with E-state index in [1.165, 1.54) is 20.8 Å². The lowest BCUT2D eigenvalue weighted by Crippen LogP contribution is -2.63. The van der Waals surface area contributed by atoms with Gasteiger partial charge in [0.25, 0.3) is 0 Å². The Morgan fingerprint density at radius 2 is 1.85 bits per heavy atom. The van der Waals surface area contributed by atoms with Gasteiger partial charge < -0.3 is 26.6 Å². The summed E-state index contributed by atoms with van der Waals surface area (Å²) in [6.07, 6.45) is 0.118. The van der Waals surface area contributed by atoms with Crippen molar-refractivity contribution in [3.8, 4) is 0 Å². The third kappa shape index (κ3) is 3.39. The summed E-state index contributed by atoms with van der Waals surface area (Å²) in [5.41, 5.74) is 15.9. The van der Waals surface area contributed by atoms with Crippen molar-refractivity contribution in [3.63, 3.8) is 0 Å². The molecular formula is C25H27N3O4SSi. The minimum atomic E-state index is -2.20. The van der Waals surface area contributed by atoms with E-state index in [9.17, 15) is 9.59 Å². The average molecular weight is 494 g/mol. The summed E-state index contributed by atoms with van der Waals surface area (Å²) in [5, 5.41) is 16.4. The lowest BCUT2D eigenvalue weighted by Gasteiger charge is -2.44. The summed E-state index contributed by atoms with van der Waals surface area (Å²) < 4.78 is 6.62. The van der Waals surface area contributed by atoms with E-state index in [-0.39, 0.29) is 18.7 Å². The fourth-order valence-corrected chi connectivity index (χ4v) is 9.25. The van der Waals surface area contributed by atoms with Crippen LogP contribution < -0.4 is 27.2 Å². The van der Waals surface area contributed by atoms with Crippen LogP contribution in [0.25, 0.3) is 0 Å². The van der Waals surface area contributed by atoms with Crippen LogP contribution in [0.5, 0.6) is 0 Å². The predicted molar refractivity (Wildman–Crippen MR) is 137 cm³/mol. The Morgan fingerprint density at radius 3 is 2.59 bits per heavy atom. The van der Waals surface area contributed by atoms with E-state index >= 15 is 0 Å². The highest BCUT2D eigenvalue weighted by Gasteiger charge is 2.53. The van der Waals surface area contributed by atoms with Gasteiger partial charge in [0.05, 0.1) is 6.61 Å². The van der Waals surface area contributed by atoms with Crippen molar-refractivity contribution in [2.24, 2.45) is 5.73 Å². The molecule has 2 aliphatic heterocycles. The number of carbonyl (C=O) groups is 2. The minimum absolute atomic E-state index is 0.0378. The first-order valence-electron chi connectivity index (χ1n) is 11.2. The lowest BCUT2D eigenvalue weighted by molar-refractivity contribution is -0.138. The number of carbonyl (C=O) groups excluding carboxylic acids is 1. The van der Waals surface area contributed by atoms with E-state index < -0.39 is 25.7 Å². The third-order valence-electron chi connectivity index (χ3n) is 7.00. The molecule has 176 valence electrons. The van der Waals surface area contributed by atoms with Gasteiger partial charge in [-0.2, -0.15) is 0 Å². The summed E-state index contributed by atoms with van der Waals surface area (Å²) in [6, 6.07) is 13.2. The molecule has 2 atom stereocenters. The second kappa shape index (κ2) is 8.05. The first kappa shape index (κ1) is 22.8. The van der Waals surface area contributed by atoms with Gasteiger partial charge in [0.2, 0.25) is 5.91 Å². The lowest BCUT2D eigenvalue weighted by atomic mass is 9.80. The van der Waals surface area contributed by atoms with Crippen LogP contribution in [-0.2, 0) is 26.5 Å². The topological polar surface area (TPSA) is 128 Å². The number of benzene rings is 2. The van der Waals surface area contributed by atoms with Crippen molar-refractivity contribution >= 4 is 53.0 Å². The molecule has 2 aromatic carbocycles. The highest BCUT2D eigenvalue weighted by atomic mass is 32.1. The molecule has 1 spiro atoms. The van der Waals surface area contributed by atoms with Crippen LogP contribution in [0.15, 0.2) is 47.8 Å². The molecule has 0 bridgehead atoms. The minimum Gasteiger partial charge on any atom is -0.480 e. The van der Waals surface area contributed by atoms with Gasteiger partial charge >= 0.3 is 5.97 Å². The van der Waals surface area contributed by atoms with Gasteiger partial charge in [-0.3, -0.25) is 9.59 Å². The maximum atomic E-state index is 12.5. The molecule has 0 fully saturated rings. The van der Waals surface area contributed by atoms with Crippen LogP contribution in [0.4, 0.5) is 11.4 Å². The number of fused-ring (bicyclic) bond motifs is 6. The Hall–Kier alpha value is -2.98. The van der Waals surface area contributed by atoms with Gasteiger partial charge in [-0.05, 0) is 63.6 Å². The first-order valence-corrected chi connectivity index (χ1v) is 15.1. The number of nitrogen functional groups attached to an aromatic ring is 1. The zero-order chi connectivity index (χ0) is 24.3. The molecule has 6 N–H and O–H groups in total. The molecule has 0 aliphatic carbocycles.